The summed E-state index contributed by atoms with van der Waals surface area (Å²) in [5.41, 5.74) is 3.37. The van der Waals surface area contributed by atoms with E-state index in [0.29, 0.717) is 38.2 Å². The van der Waals surface area contributed by atoms with Crippen molar-refractivity contribution in [1.29, 1.82) is 0 Å². The summed E-state index contributed by atoms with van der Waals surface area (Å²) >= 11 is 0. The van der Waals surface area contributed by atoms with Crippen molar-refractivity contribution in [3.05, 3.63) is 71.4 Å². The third-order valence-corrected chi connectivity index (χ3v) is 12.7. The minimum atomic E-state index is -3.67. The van der Waals surface area contributed by atoms with Gasteiger partial charge in [0.15, 0.2) is 0 Å². The van der Waals surface area contributed by atoms with Gasteiger partial charge in [0.1, 0.15) is 12.6 Å². The SMILES string of the molecule is CC(C)C.CC(C)[C@@]1(NC(=O)[C@@H]2C[C@@H]3c4cccc5[nH]cc(c45)C[C@H]3N(C)C2)O[C@@]2(O)[C@@H]3CCCN3C(=O)CN2C1=O.CCC(C)C.CCC(C)C.CCc1ccccc1.CS(=O)(=O)O. The molecule has 65 heavy (non-hydrogen) atoms. The number of likely N-dealkylation sites (tertiary alicyclic amines) is 1. The van der Waals surface area contributed by atoms with Crippen LogP contribution in [0.4, 0.5) is 0 Å². The van der Waals surface area contributed by atoms with Gasteiger partial charge in [-0.3, -0.25) is 28.6 Å². The molecule has 5 aliphatic rings. The molecule has 4 N–H and O–H groups in total. The molecule has 0 radical (unpaired) electrons. The topological polar surface area (TPSA) is 173 Å². The molecule has 0 unspecified atom stereocenters. The predicted octanol–water partition coefficient (Wildman–Crippen LogP) is 8.63. The zero-order valence-corrected chi connectivity index (χ0v) is 42.8. The zero-order valence-electron chi connectivity index (χ0n) is 42.0. The Morgan fingerprint density at radius 3 is 2.02 bits per heavy atom. The maximum Gasteiger partial charge on any atom is 0.281 e. The van der Waals surface area contributed by atoms with Crippen molar-refractivity contribution in [2.75, 3.05) is 32.9 Å². The number of carbonyl (C=O) groups is 3. The van der Waals surface area contributed by atoms with Gasteiger partial charge in [0.2, 0.25) is 17.5 Å². The second-order valence-electron chi connectivity index (χ2n) is 20.0. The van der Waals surface area contributed by atoms with E-state index < -0.39 is 39.6 Å². The van der Waals surface area contributed by atoms with Crippen LogP contribution in [0.15, 0.2) is 54.7 Å². The van der Waals surface area contributed by atoms with Crippen LogP contribution in [0, 0.1) is 29.6 Å². The number of likely N-dealkylation sites (N-methyl/N-ethyl adjacent to an activating group) is 1. The fourth-order valence-corrected chi connectivity index (χ4v) is 8.52. The van der Waals surface area contributed by atoms with Crippen LogP contribution < -0.4 is 5.32 Å². The molecule has 0 bridgehead atoms. The molecule has 366 valence electrons. The third kappa shape index (κ3) is 14.6. The van der Waals surface area contributed by atoms with Crippen LogP contribution in [0.3, 0.4) is 0 Å². The van der Waals surface area contributed by atoms with E-state index in [-0.39, 0.29) is 30.2 Å². The average molecular weight is 926 g/mol. The van der Waals surface area contributed by atoms with Crippen LogP contribution in [0.25, 0.3) is 10.9 Å². The van der Waals surface area contributed by atoms with Gasteiger partial charge in [-0.05, 0) is 79.7 Å². The maximum atomic E-state index is 13.9. The Morgan fingerprint density at radius 1 is 0.938 bits per heavy atom. The van der Waals surface area contributed by atoms with Gasteiger partial charge >= 0.3 is 0 Å². The van der Waals surface area contributed by atoms with Gasteiger partial charge < -0.3 is 25.2 Å². The molecular formula is C51H83N5O8S. The Labute approximate surface area is 391 Å². The first-order valence-electron chi connectivity index (χ1n) is 24.0. The molecule has 4 saturated heterocycles. The number of rotatable bonds is 6. The molecule has 6 atom stereocenters. The quantitative estimate of drug-likeness (QED) is 0.177. The number of piperazine rings is 1. The number of nitrogens with zero attached hydrogens (tertiary/aromatic N) is 3. The molecule has 14 heteroatoms. The number of hydrogen-bond donors (Lipinski definition) is 4. The van der Waals surface area contributed by atoms with Crippen LogP contribution in [-0.2, 0) is 42.1 Å². The standard InChI is InChI=1S/C28H35N5O5.C8H10.2C5H12.C4H10.CH4O3S/c1-15(2)27(26(36)33-14-23(34)32-9-5-8-22(32)28(33,37)38-27)30-25(35)17-10-19-18-6-4-7-20-24(18)16(12-29-20)11-21(19)31(3)13-17;1-2-8-6-4-3-5-7-8;2*1-4-5(2)3;1-4(2)3;1-5(2,3)4/h4,6-7,12,15,17,19,21-22,29,37H,5,8-11,13-14H2,1-3H3,(H,30,35);3-7H,2H2,1H3;2*5H,4H2,1-3H3;4H,1-3H3;1H3,(H,2,3,4)/t17-,19-,21-,22+,27-,28+;;;;;/m1...../s1. The maximum absolute atomic E-state index is 13.9. The van der Waals surface area contributed by atoms with Crippen molar-refractivity contribution in [3.8, 4) is 0 Å². The van der Waals surface area contributed by atoms with Gasteiger partial charge in [0.25, 0.3) is 21.9 Å². The summed E-state index contributed by atoms with van der Waals surface area (Å²) < 4.78 is 32.1. The van der Waals surface area contributed by atoms with Crippen LogP contribution in [0.1, 0.15) is 138 Å². The first-order valence-corrected chi connectivity index (χ1v) is 25.8. The number of carbonyl (C=O) groups excluding carboxylic acids is 3. The Hall–Kier alpha value is -3.82. The van der Waals surface area contributed by atoms with Crippen molar-refractivity contribution in [2.24, 2.45) is 29.6 Å². The fraction of sp³-hybridized carbons (Fsp3) is 0.667. The molecule has 8 rings (SSSR count). The number of aryl methyl sites for hydroxylation is 1. The van der Waals surface area contributed by atoms with Gasteiger partial charge in [-0.25, -0.2) is 0 Å². The van der Waals surface area contributed by atoms with Crippen LogP contribution in [-0.4, -0.2) is 112 Å². The van der Waals surface area contributed by atoms with E-state index in [0.717, 1.165) is 47.4 Å². The van der Waals surface area contributed by atoms with Gasteiger partial charge in [-0.1, -0.05) is 138 Å². The largest absolute Gasteiger partial charge is 0.361 e. The lowest BCUT2D eigenvalue weighted by Gasteiger charge is -2.46. The highest BCUT2D eigenvalue weighted by Crippen LogP contribution is 2.47. The number of H-pyrrole nitrogens is 1. The van der Waals surface area contributed by atoms with E-state index >= 15 is 0 Å². The monoisotopic (exact) mass is 926 g/mol. The lowest BCUT2D eigenvalue weighted by molar-refractivity contribution is -0.314. The number of benzene rings is 2. The molecular weight excluding hydrogens is 843 g/mol. The number of hydrogen-bond acceptors (Lipinski definition) is 8. The first-order chi connectivity index (χ1) is 30.3. The number of fused-ring (bicyclic) bond motifs is 5. The highest BCUT2D eigenvalue weighted by atomic mass is 32.2. The summed E-state index contributed by atoms with van der Waals surface area (Å²) in [7, 11) is -1.60. The first kappa shape index (κ1) is 55.5. The van der Waals surface area contributed by atoms with Crippen molar-refractivity contribution in [1.82, 2.24) is 25.0 Å². The molecule has 4 fully saturated rings. The summed E-state index contributed by atoms with van der Waals surface area (Å²) in [6.45, 7) is 26.4. The molecule has 3 aromatic rings. The Kier molecular flexibility index (Phi) is 20.7. The molecule has 3 amide bonds. The van der Waals surface area contributed by atoms with Crippen LogP contribution in [0.5, 0.6) is 0 Å². The van der Waals surface area contributed by atoms with Crippen LogP contribution in [0.2, 0.25) is 0 Å². The third-order valence-electron chi connectivity index (χ3n) is 12.7. The number of amides is 3. The molecule has 1 aliphatic carbocycles. The highest BCUT2D eigenvalue weighted by Gasteiger charge is 2.69. The second-order valence-corrected chi connectivity index (χ2v) is 21.5. The summed E-state index contributed by atoms with van der Waals surface area (Å²) in [5, 5.41) is 15.9. The number of piperidine rings is 1. The molecule has 13 nitrogen and oxygen atoms in total. The van der Waals surface area contributed by atoms with Crippen molar-refractivity contribution >= 4 is 38.7 Å². The Morgan fingerprint density at radius 2 is 1.51 bits per heavy atom. The molecule has 5 heterocycles. The summed E-state index contributed by atoms with van der Waals surface area (Å²) in [4.78, 5) is 48.9. The molecule has 0 spiro atoms. The predicted molar refractivity (Wildman–Crippen MR) is 262 cm³/mol. The van der Waals surface area contributed by atoms with Gasteiger partial charge in [0, 0.05) is 48.1 Å². The lowest BCUT2D eigenvalue weighted by atomic mass is 9.72. The summed E-state index contributed by atoms with van der Waals surface area (Å²) in [5.74, 6) is -0.990. The van der Waals surface area contributed by atoms with Crippen molar-refractivity contribution in [2.45, 2.75) is 158 Å². The summed E-state index contributed by atoms with van der Waals surface area (Å²) in [6.07, 6.45) is 9.43. The lowest BCUT2D eigenvalue weighted by Crippen LogP contribution is -2.67. The second kappa shape index (κ2) is 24.3. The minimum absolute atomic E-state index is 0.187. The van der Waals surface area contributed by atoms with E-state index in [4.69, 9.17) is 9.29 Å². The van der Waals surface area contributed by atoms with E-state index in [1.165, 1.54) is 34.9 Å². The minimum Gasteiger partial charge on any atom is -0.361 e. The zero-order chi connectivity index (χ0) is 49.0. The van der Waals surface area contributed by atoms with Crippen LogP contribution >= 0.6 is 0 Å². The van der Waals surface area contributed by atoms with Gasteiger partial charge in [0.05, 0.1) is 12.2 Å². The fourth-order valence-electron chi connectivity index (χ4n) is 8.52. The average Bonchev–Trinajstić information content (AvgIpc) is 3.96. The van der Waals surface area contributed by atoms with E-state index in [1.807, 2.05) is 6.07 Å². The molecule has 1 aromatic heterocycles. The number of ether oxygens (including phenoxy) is 1. The smallest absolute Gasteiger partial charge is 0.281 e. The number of aromatic nitrogens is 1. The van der Waals surface area contributed by atoms with Gasteiger partial charge in [-0.2, -0.15) is 8.42 Å². The molecule has 2 aromatic carbocycles. The highest BCUT2D eigenvalue weighted by molar-refractivity contribution is 7.85. The normalized spacial score (nSPS) is 25.4. The molecule has 4 aliphatic heterocycles. The number of nitrogens with one attached hydrogen (secondary N) is 2. The van der Waals surface area contributed by atoms with E-state index in [1.54, 1.807) is 18.7 Å². The Balaban J connectivity index is 0.000000338. The Bertz CT molecular complexity index is 2070. The summed E-state index contributed by atoms with van der Waals surface area (Å²) in [6, 6.07) is 16.4. The number of aromatic amines is 1. The van der Waals surface area contributed by atoms with Crippen molar-refractivity contribution in [3.63, 3.8) is 0 Å². The van der Waals surface area contributed by atoms with E-state index in [2.05, 4.69) is 140 Å². The van der Waals surface area contributed by atoms with E-state index in [9.17, 15) is 27.9 Å². The molecule has 0 saturated carbocycles. The van der Waals surface area contributed by atoms with Crippen molar-refractivity contribution < 1.29 is 37.2 Å². The van der Waals surface area contributed by atoms with Gasteiger partial charge in [-0.15, -0.1) is 0 Å². The number of aliphatic hydroxyl groups is 1.